The molecule has 7 heteroatoms. The van der Waals surface area contributed by atoms with Gasteiger partial charge in [0.05, 0.1) is 6.20 Å². The maximum absolute atomic E-state index is 12.7. The molecule has 0 spiro atoms. The Morgan fingerprint density at radius 1 is 1.21 bits per heavy atom. The van der Waals surface area contributed by atoms with Crippen molar-refractivity contribution in [3.05, 3.63) is 12.4 Å². The Labute approximate surface area is 145 Å². The smallest absolute Gasteiger partial charge is 0.246 e. The molecule has 3 rings (SSSR count). The second kappa shape index (κ2) is 7.54. The van der Waals surface area contributed by atoms with Gasteiger partial charge in [0.2, 0.25) is 10.0 Å². The van der Waals surface area contributed by atoms with Crippen molar-refractivity contribution in [3.8, 4) is 0 Å². The summed E-state index contributed by atoms with van der Waals surface area (Å²) in [6.45, 7) is 9.78. The van der Waals surface area contributed by atoms with E-state index in [4.69, 9.17) is 0 Å². The zero-order chi connectivity index (χ0) is 17.2. The fourth-order valence-electron chi connectivity index (χ4n) is 3.95. The van der Waals surface area contributed by atoms with Crippen LogP contribution in [0.5, 0.6) is 0 Å². The highest BCUT2D eigenvalue weighted by molar-refractivity contribution is 7.89. The Morgan fingerprint density at radius 3 is 2.58 bits per heavy atom. The van der Waals surface area contributed by atoms with Crippen LogP contribution in [0.3, 0.4) is 0 Å². The summed E-state index contributed by atoms with van der Waals surface area (Å²) in [5.41, 5.74) is 0. The van der Waals surface area contributed by atoms with Crippen LogP contribution in [-0.4, -0.2) is 60.1 Å². The third-order valence-corrected chi connectivity index (χ3v) is 7.25. The van der Waals surface area contributed by atoms with Gasteiger partial charge in [0.15, 0.2) is 0 Å². The number of likely N-dealkylation sites (tertiary alicyclic amines) is 1. The Bertz CT molecular complexity index is 635. The molecule has 0 aromatic carbocycles. The van der Waals surface area contributed by atoms with E-state index in [1.807, 2.05) is 6.92 Å². The van der Waals surface area contributed by atoms with Crippen LogP contribution in [-0.2, 0) is 16.6 Å². The van der Waals surface area contributed by atoms with Crippen molar-refractivity contribution in [1.29, 1.82) is 0 Å². The van der Waals surface area contributed by atoms with Gasteiger partial charge in [-0.1, -0.05) is 6.92 Å². The molecule has 1 aromatic heterocycles. The van der Waals surface area contributed by atoms with Crippen LogP contribution >= 0.6 is 0 Å². The average molecular weight is 355 g/mol. The third-order valence-electron chi connectivity index (χ3n) is 5.40. The van der Waals surface area contributed by atoms with E-state index in [1.54, 1.807) is 15.2 Å². The van der Waals surface area contributed by atoms with Crippen LogP contribution in [0, 0.1) is 11.8 Å². The second-order valence-corrected chi connectivity index (χ2v) is 9.32. The average Bonchev–Trinajstić information content (AvgIpc) is 3.05. The van der Waals surface area contributed by atoms with E-state index in [9.17, 15) is 8.42 Å². The molecule has 2 saturated heterocycles. The molecule has 3 heterocycles. The molecule has 6 nitrogen and oxygen atoms in total. The number of aryl methyl sites for hydroxylation is 1. The predicted molar refractivity (Wildman–Crippen MR) is 94.2 cm³/mol. The van der Waals surface area contributed by atoms with Crippen LogP contribution in [0.15, 0.2) is 17.3 Å². The number of nitrogens with zero attached hydrogens (tertiary/aromatic N) is 4. The van der Waals surface area contributed by atoms with Gasteiger partial charge in [0, 0.05) is 38.9 Å². The molecule has 1 atom stereocenters. The van der Waals surface area contributed by atoms with E-state index in [0.29, 0.717) is 30.4 Å². The normalized spacial score (nSPS) is 25.2. The van der Waals surface area contributed by atoms with E-state index in [1.165, 1.54) is 32.1 Å². The molecule has 2 fully saturated rings. The van der Waals surface area contributed by atoms with Gasteiger partial charge in [0.1, 0.15) is 4.90 Å². The number of hydrogen-bond donors (Lipinski definition) is 0. The molecular weight excluding hydrogens is 324 g/mol. The lowest BCUT2D eigenvalue weighted by Gasteiger charge is -2.37. The highest BCUT2D eigenvalue weighted by atomic mass is 32.2. The van der Waals surface area contributed by atoms with Gasteiger partial charge in [-0.25, -0.2) is 8.42 Å². The first-order chi connectivity index (χ1) is 11.5. The maximum atomic E-state index is 12.7. The molecule has 0 radical (unpaired) electrons. The van der Waals surface area contributed by atoms with Crippen LogP contribution < -0.4 is 0 Å². The summed E-state index contributed by atoms with van der Waals surface area (Å²) in [5.74, 6) is 1.43. The lowest BCUT2D eigenvalue weighted by Crippen LogP contribution is -2.43. The minimum Gasteiger partial charge on any atom is -0.303 e. The van der Waals surface area contributed by atoms with Gasteiger partial charge >= 0.3 is 0 Å². The van der Waals surface area contributed by atoms with Crippen LogP contribution in [0.1, 0.15) is 39.5 Å². The second-order valence-electron chi connectivity index (χ2n) is 7.39. The largest absolute Gasteiger partial charge is 0.303 e. The van der Waals surface area contributed by atoms with Crippen molar-refractivity contribution in [2.75, 3.05) is 32.7 Å². The molecule has 0 aliphatic carbocycles. The summed E-state index contributed by atoms with van der Waals surface area (Å²) in [7, 11) is -3.38. The van der Waals surface area contributed by atoms with E-state index in [2.05, 4.69) is 16.9 Å². The summed E-state index contributed by atoms with van der Waals surface area (Å²) < 4.78 is 28.7. The van der Waals surface area contributed by atoms with E-state index in [0.717, 1.165) is 25.3 Å². The Balaban J connectivity index is 1.54. The summed E-state index contributed by atoms with van der Waals surface area (Å²) in [4.78, 5) is 2.90. The molecule has 2 aliphatic heterocycles. The van der Waals surface area contributed by atoms with Crippen molar-refractivity contribution < 1.29 is 8.42 Å². The number of aromatic nitrogens is 2. The first-order valence-electron chi connectivity index (χ1n) is 9.24. The van der Waals surface area contributed by atoms with Crippen molar-refractivity contribution in [1.82, 2.24) is 19.0 Å². The highest BCUT2D eigenvalue weighted by Crippen LogP contribution is 2.25. The van der Waals surface area contributed by atoms with Crippen molar-refractivity contribution in [3.63, 3.8) is 0 Å². The molecule has 0 bridgehead atoms. The molecule has 1 unspecified atom stereocenters. The van der Waals surface area contributed by atoms with Crippen molar-refractivity contribution in [2.45, 2.75) is 51.0 Å². The van der Waals surface area contributed by atoms with E-state index < -0.39 is 10.0 Å². The highest BCUT2D eigenvalue weighted by Gasteiger charge is 2.31. The fraction of sp³-hybridized carbons (Fsp3) is 0.824. The van der Waals surface area contributed by atoms with E-state index >= 15 is 0 Å². The van der Waals surface area contributed by atoms with Crippen molar-refractivity contribution >= 4 is 10.0 Å². The third kappa shape index (κ3) is 4.00. The number of rotatable bonds is 5. The number of piperidine rings is 2. The number of hydrogen-bond acceptors (Lipinski definition) is 4. The quantitative estimate of drug-likeness (QED) is 0.812. The first kappa shape index (κ1) is 17.9. The number of sulfonamides is 1. The Morgan fingerprint density at radius 2 is 1.96 bits per heavy atom. The molecule has 136 valence electrons. The summed E-state index contributed by atoms with van der Waals surface area (Å²) in [6.07, 6.45) is 7.68. The topological polar surface area (TPSA) is 58.4 Å². The van der Waals surface area contributed by atoms with Crippen LogP contribution in [0.2, 0.25) is 0 Å². The van der Waals surface area contributed by atoms with Gasteiger partial charge in [-0.05, 0) is 51.0 Å². The Hall–Kier alpha value is -0.920. The minimum atomic E-state index is -3.38. The summed E-state index contributed by atoms with van der Waals surface area (Å²) >= 11 is 0. The lowest BCUT2D eigenvalue weighted by molar-refractivity contribution is 0.136. The predicted octanol–water partition coefficient (Wildman–Crippen LogP) is 2.04. The Kier molecular flexibility index (Phi) is 5.62. The van der Waals surface area contributed by atoms with Crippen molar-refractivity contribution in [2.24, 2.45) is 11.8 Å². The monoisotopic (exact) mass is 354 g/mol. The zero-order valence-electron chi connectivity index (χ0n) is 14.9. The summed E-state index contributed by atoms with van der Waals surface area (Å²) in [6, 6.07) is 0. The molecule has 1 aromatic rings. The van der Waals surface area contributed by atoms with Gasteiger partial charge < -0.3 is 4.90 Å². The van der Waals surface area contributed by atoms with Crippen LogP contribution in [0.25, 0.3) is 0 Å². The fourth-order valence-corrected chi connectivity index (χ4v) is 5.37. The molecular formula is C17H30N4O2S. The van der Waals surface area contributed by atoms with Gasteiger partial charge in [-0.2, -0.15) is 9.40 Å². The van der Waals surface area contributed by atoms with Gasteiger partial charge in [0.25, 0.3) is 0 Å². The standard InChI is InChI=1S/C17H30N4O2S/c1-3-20-14-17(11-18-20)24(22,23)21-9-6-16(7-10-21)13-19-8-4-5-15(2)12-19/h11,14-16H,3-10,12-13H2,1-2H3. The molecule has 2 aliphatic rings. The molecule has 24 heavy (non-hydrogen) atoms. The SMILES string of the molecule is CCn1cc(S(=O)(=O)N2CCC(CN3CCCC(C)C3)CC2)cn1. The molecule has 0 amide bonds. The maximum Gasteiger partial charge on any atom is 0.246 e. The molecule has 0 saturated carbocycles. The lowest BCUT2D eigenvalue weighted by atomic mass is 9.94. The zero-order valence-corrected chi connectivity index (χ0v) is 15.7. The van der Waals surface area contributed by atoms with Gasteiger partial charge in [-0.15, -0.1) is 0 Å². The summed E-state index contributed by atoms with van der Waals surface area (Å²) in [5, 5.41) is 4.10. The van der Waals surface area contributed by atoms with Gasteiger partial charge in [-0.3, -0.25) is 4.68 Å². The van der Waals surface area contributed by atoms with E-state index in [-0.39, 0.29) is 0 Å². The first-order valence-corrected chi connectivity index (χ1v) is 10.7. The minimum absolute atomic E-state index is 0.327. The van der Waals surface area contributed by atoms with Crippen LogP contribution in [0.4, 0.5) is 0 Å². The molecule has 0 N–H and O–H groups in total.